The highest BCUT2D eigenvalue weighted by molar-refractivity contribution is 5.76. The van der Waals surface area contributed by atoms with Crippen LogP contribution in [0, 0.1) is 0 Å². The molecular formula is C22H29N3O2. The second kappa shape index (κ2) is 9.53. The van der Waals surface area contributed by atoms with Crippen LogP contribution in [0.3, 0.4) is 0 Å². The quantitative estimate of drug-likeness (QED) is 0.762. The van der Waals surface area contributed by atoms with Gasteiger partial charge < -0.3 is 15.4 Å². The van der Waals surface area contributed by atoms with E-state index >= 15 is 0 Å². The first-order valence-electron chi connectivity index (χ1n) is 9.68. The summed E-state index contributed by atoms with van der Waals surface area (Å²) in [6, 6.07) is 18.2. The van der Waals surface area contributed by atoms with E-state index in [4.69, 9.17) is 10.5 Å². The first-order chi connectivity index (χ1) is 13.2. The van der Waals surface area contributed by atoms with Gasteiger partial charge in [-0.05, 0) is 24.1 Å². The van der Waals surface area contributed by atoms with Crippen LogP contribution in [-0.2, 0) is 22.5 Å². The molecule has 0 spiro atoms. The second-order valence-electron chi connectivity index (χ2n) is 6.94. The Balaban J connectivity index is 1.60. The van der Waals surface area contributed by atoms with Crippen LogP contribution in [-0.4, -0.2) is 49.7 Å². The van der Waals surface area contributed by atoms with Gasteiger partial charge in [0.15, 0.2) is 0 Å². The molecule has 0 amide bonds. The molecule has 144 valence electrons. The molecule has 1 aliphatic rings. The van der Waals surface area contributed by atoms with Gasteiger partial charge in [-0.2, -0.15) is 0 Å². The van der Waals surface area contributed by atoms with Gasteiger partial charge in [0.25, 0.3) is 0 Å². The first-order valence-corrected chi connectivity index (χ1v) is 9.68. The molecule has 0 bridgehead atoms. The molecule has 1 saturated heterocycles. The maximum Gasteiger partial charge on any atom is 0.323 e. The first kappa shape index (κ1) is 19.4. The van der Waals surface area contributed by atoms with Gasteiger partial charge >= 0.3 is 5.97 Å². The largest absolute Gasteiger partial charge is 0.465 e. The van der Waals surface area contributed by atoms with Crippen LogP contribution in [0.5, 0.6) is 0 Å². The Bertz CT molecular complexity index is 727. The van der Waals surface area contributed by atoms with Gasteiger partial charge in [-0.3, -0.25) is 9.69 Å². The molecule has 0 radical (unpaired) electrons. The number of carbonyl (C=O) groups excluding carboxylic acids is 1. The molecule has 2 aromatic rings. The predicted octanol–water partition coefficient (Wildman–Crippen LogP) is 2.44. The van der Waals surface area contributed by atoms with Crippen LogP contribution < -0.4 is 10.6 Å². The molecule has 0 aliphatic carbocycles. The molecule has 27 heavy (non-hydrogen) atoms. The van der Waals surface area contributed by atoms with E-state index < -0.39 is 6.04 Å². The summed E-state index contributed by atoms with van der Waals surface area (Å²) in [5.41, 5.74) is 9.68. The summed E-state index contributed by atoms with van der Waals surface area (Å²) >= 11 is 0. The van der Waals surface area contributed by atoms with Crippen LogP contribution in [0.15, 0.2) is 54.6 Å². The number of carbonyl (C=O) groups is 1. The smallest absolute Gasteiger partial charge is 0.323 e. The van der Waals surface area contributed by atoms with Gasteiger partial charge in [0.1, 0.15) is 6.04 Å². The number of ether oxygens (including phenoxy) is 1. The minimum Gasteiger partial charge on any atom is -0.465 e. The Morgan fingerprint density at radius 2 is 1.70 bits per heavy atom. The standard InChI is InChI=1S/C22H29N3O2/c1-2-27-22(26)20(23)16-19-10-6-7-11-21(19)25-14-12-24(13-15-25)17-18-8-4-3-5-9-18/h3-11,20H,2,12-17,23H2,1H3. The molecule has 2 N–H and O–H groups in total. The second-order valence-corrected chi connectivity index (χ2v) is 6.94. The molecule has 5 nitrogen and oxygen atoms in total. The normalized spacial score (nSPS) is 16.1. The molecule has 1 fully saturated rings. The third-order valence-corrected chi connectivity index (χ3v) is 4.98. The number of hydrogen-bond donors (Lipinski definition) is 1. The molecular weight excluding hydrogens is 338 g/mol. The summed E-state index contributed by atoms with van der Waals surface area (Å²) in [6.07, 6.45) is 0.499. The molecule has 1 unspecified atom stereocenters. The molecule has 1 heterocycles. The zero-order valence-electron chi connectivity index (χ0n) is 16.0. The van der Waals surface area contributed by atoms with E-state index in [2.05, 4.69) is 52.3 Å². The summed E-state index contributed by atoms with van der Waals surface area (Å²) in [5.74, 6) is -0.333. The highest BCUT2D eigenvalue weighted by Gasteiger charge is 2.22. The fraction of sp³-hybridized carbons (Fsp3) is 0.409. The lowest BCUT2D eigenvalue weighted by molar-refractivity contribution is -0.144. The average molecular weight is 367 g/mol. The van der Waals surface area contributed by atoms with Crippen molar-refractivity contribution in [2.45, 2.75) is 25.9 Å². The monoisotopic (exact) mass is 367 g/mol. The predicted molar refractivity (Wildman–Crippen MR) is 109 cm³/mol. The van der Waals surface area contributed by atoms with E-state index in [1.165, 1.54) is 11.3 Å². The SMILES string of the molecule is CCOC(=O)C(N)Cc1ccccc1N1CCN(Cc2ccccc2)CC1. The highest BCUT2D eigenvalue weighted by atomic mass is 16.5. The van der Waals surface area contributed by atoms with Crippen molar-refractivity contribution in [3.8, 4) is 0 Å². The number of esters is 1. The van der Waals surface area contributed by atoms with E-state index in [0.717, 1.165) is 38.3 Å². The van der Waals surface area contributed by atoms with Gasteiger partial charge in [0, 0.05) is 44.8 Å². The molecule has 3 rings (SSSR count). The van der Waals surface area contributed by atoms with E-state index in [-0.39, 0.29) is 5.97 Å². The van der Waals surface area contributed by atoms with Gasteiger partial charge in [-0.15, -0.1) is 0 Å². The summed E-state index contributed by atoms with van der Waals surface area (Å²) in [6.45, 7) is 7.13. The van der Waals surface area contributed by atoms with Crippen molar-refractivity contribution >= 4 is 11.7 Å². The van der Waals surface area contributed by atoms with E-state index in [0.29, 0.717) is 13.0 Å². The van der Waals surface area contributed by atoms with Crippen LogP contribution in [0.1, 0.15) is 18.1 Å². The van der Waals surface area contributed by atoms with Crippen molar-refractivity contribution < 1.29 is 9.53 Å². The fourth-order valence-electron chi connectivity index (χ4n) is 3.55. The van der Waals surface area contributed by atoms with Crippen molar-refractivity contribution in [2.75, 3.05) is 37.7 Å². The summed E-state index contributed by atoms with van der Waals surface area (Å²) in [4.78, 5) is 16.8. The van der Waals surface area contributed by atoms with Crippen LogP contribution >= 0.6 is 0 Å². The molecule has 5 heteroatoms. The lowest BCUT2D eigenvalue weighted by Crippen LogP contribution is -2.46. The van der Waals surface area contributed by atoms with Crippen LogP contribution in [0.25, 0.3) is 0 Å². The van der Waals surface area contributed by atoms with Crippen molar-refractivity contribution in [2.24, 2.45) is 5.73 Å². The van der Waals surface area contributed by atoms with Crippen LogP contribution in [0.2, 0.25) is 0 Å². The minimum absolute atomic E-state index is 0.333. The Kier molecular flexibility index (Phi) is 6.85. The Hall–Kier alpha value is -2.37. The van der Waals surface area contributed by atoms with E-state index in [9.17, 15) is 4.79 Å². The maximum atomic E-state index is 11.9. The Morgan fingerprint density at radius 1 is 1.04 bits per heavy atom. The average Bonchev–Trinajstić information content (AvgIpc) is 2.70. The summed E-state index contributed by atoms with van der Waals surface area (Å²) < 4.78 is 5.05. The van der Waals surface area contributed by atoms with Crippen molar-refractivity contribution in [3.63, 3.8) is 0 Å². The minimum atomic E-state index is -0.620. The maximum absolute atomic E-state index is 11.9. The van der Waals surface area contributed by atoms with E-state index in [1.54, 1.807) is 6.92 Å². The van der Waals surface area contributed by atoms with Gasteiger partial charge in [0.2, 0.25) is 0 Å². The zero-order chi connectivity index (χ0) is 19.1. The topological polar surface area (TPSA) is 58.8 Å². The number of piperazine rings is 1. The third-order valence-electron chi connectivity index (χ3n) is 4.98. The Morgan fingerprint density at radius 3 is 2.41 bits per heavy atom. The van der Waals surface area contributed by atoms with E-state index in [1.807, 2.05) is 12.1 Å². The molecule has 1 atom stereocenters. The Labute approximate surface area is 161 Å². The van der Waals surface area contributed by atoms with Crippen molar-refractivity contribution in [1.82, 2.24) is 4.90 Å². The molecule has 1 aliphatic heterocycles. The number of nitrogens with two attached hydrogens (primary N) is 1. The summed E-state index contributed by atoms with van der Waals surface area (Å²) in [7, 11) is 0. The summed E-state index contributed by atoms with van der Waals surface area (Å²) in [5, 5.41) is 0. The number of anilines is 1. The van der Waals surface area contributed by atoms with Crippen LogP contribution in [0.4, 0.5) is 5.69 Å². The number of rotatable bonds is 7. The molecule has 0 aromatic heterocycles. The molecule has 2 aromatic carbocycles. The zero-order valence-corrected chi connectivity index (χ0v) is 16.0. The number of nitrogens with zero attached hydrogens (tertiary/aromatic N) is 2. The fourth-order valence-corrected chi connectivity index (χ4v) is 3.55. The lowest BCUT2D eigenvalue weighted by Gasteiger charge is -2.37. The van der Waals surface area contributed by atoms with Gasteiger partial charge in [-0.1, -0.05) is 48.5 Å². The highest BCUT2D eigenvalue weighted by Crippen LogP contribution is 2.23. The lowest BCUT2D eigenvalue weighted by atomic mass is 10.0. The molecule has 0 saturated carbocycles. The number of para-hydroxylation sites is 1. The van der Waals surface area contributed by atoms with Gasteiger partial charge in [-0.25, -0.2) is 0 Å². The van der Waals surface area contributed by atoms with Gasteiger partial charge in [0.05, 0.1) is 6.61 Å². The van der Waals surface area contributed by atoms with Crippen molar-refractivity contribution in [3.05, 3.63) is 65.7 Å². The number of hydrogen-bond acceptors (Lipinski definition) is 5. The van der Waals surface area contributed by atoms with Crippen molar-refractivity contribution in [1.29, 1.82) is 0 Å². The number of benzene rings is 2. The third kappa shape index (κ3) is 5.31.